The van der Waals surface area contributed by atoms with E-state index in [1.807, 2.05) is 19.9 Å². The van der Waals surface area contributed by atoms with Gasteiger partial charge in [-0.25, -0.2) is 8.42 Å². The smallest absolute Gasteiger partial charge is 0.208 e. The van der Waals surface area contributed by atoms with Crippen molar-refractivity contribution in [3.63, 3.8) is 0 Å². The van der Waals surface area contributed by atoms with E-state index in [1.54, 1.807) is 36.6 Å². The van der Waals surface area contributed by atoms with Crippen LogP contribution in [0.4, 0.5) is 0 Å². The second-order valence-corrected chi connectivity index (χ2v) is 10.4. The largest absolute Gasteiger partial charge is 0.508 e. The van der Waals surface area contributed by atoms with Crippen molar-refractivity contribution in [2.45, 2.75) is 27.8 Å². The van der Waals surface area contributed by atoms with Crippen LogP contribution in [0.1, 0.15) is 16.0 Å². The number of amidine groups is 1. The number of nitrogens with two attached hydrogens (primary N) is 1. The SMILES string of the molecule is CSc1sc(C(=N)N)cc1S(=O)(=O)c1cccc(-c2c(C)cc(O)cc2C)c1. The van der Waals surface area contributed by atoms with Gasteiger partial charge in [0.15, 0.2) is 0 Å². The standard InChI is InChI=1S/C20H20N2O3S3/c1-11-7-14(23)8-12(2)18(11)13-5-4-6-15(9-13)28(24,25)17-10-16(19(21)22)27-20(17)26-3/h4-10,23H,1-3H3,(H3,21,22). The van der Waals surface area contributed by atoms with Gasteiger partial charge in [-0.15, -0.1) is 23.1 Å². The maximum Gasteiger partial charge on any atom is 0.208 e. The topological polar surface area (TPSA) is 104 Å². The van der Waals surface area contributed by atoms with Crippen LogP contribution in [-0.4, -0.2) is 25.6 Å². The maximum atomic E-state index is 13.3. The first-order valence-electron chi connectivity index (χ1n) is 8.33. The number of nitrogens with one attached hydrogen (secondary N) is 1. The van der Waals surface area contributed by atoms with Gasteiger partial charge in [0.05, 0.1) is 18.9 Å². The van der Waals surface area contributed by atoms with Crippen molar-refractivity contribution < 1.29 is 13.5 Å². The highest BCUT2D eigenvalue weighted by molar-refractivity contribution is 8.01. The van der Waals surface area contributed by atoms with Crippen molar-refractivity contribution >= 4 is 38.8 Å². The Morgan fingerprint density at radius 2 is 1.79 bits per heavy atom. The fraction of sp³-hybridized carbons (Fsp3) is 0.150. The molecule has 8 heteroatoms. The monoisotopic (exact) mass is 432 g/mol. The predicted octanol–water partition coefficient (Wildman–Crippen LogP) is 4.58. The van der Waals surface area contributed by atoms with Crippen LogP contribution in [-0.2, 0) is 9.84 Å². The van der Waals surface area contributed by atoms with E-state index in [9.17, 15) is 13.5 Å². The molecule has 0 amide bonds. The van der Waals surface area contributed by atoms with Gasteiger partial charge in [-0.2, -0.15) is 0 Å². The van der Waals surface area contributed by atoms with Crippen LogP contribution in [0.5, 0.6) is 5.75 Å². The van der Waals surface area contributed by atoms with Crippen LogP contribution in [0.25, 0.3) is 11.1 Å². The quantitative estimate of drug-likeness (QED) is 0.311. The second kappa shape index (κ2) is 7.62. The Balaban J connectivity index is 2.16. The number of sulfone groups is 1. The lowest BCUT2D eigenvalue weighted by atomic mass is 9.95. The zero-order chi connectivity index (χ0) is 20.6. The lowest BCUT2D eigenvalue weighted by Crippen LogP contribution is -2.08. The number of hydrogen-bond acceptors (Lipinski definition) is 6. The average molecular weight is 433 g/mol. The number of phenolic OH excluding ortho intramolecular Hbond substituents is 1. The Morgan fingerprint density at radius 1 is 1.14 bits per heavy atom. The molecule has 3 rings (SSSR count). The molecule has 0 aliphatic heterocycles. The van der Waals surface area contributed by atoms with Crippen molar-refractivity contribution in [1.82, 2.24) is 0 Å². The molecule has 0 radical (unpaired) electrons. The van der Waals surface area contributed by atoms with E-state index in [-0.39, 0.29) is 21.4 Å². The van der Waals surface area contributed by atoms with Gasteiger partial charge in [0.25, 0.3) is 0 Å². The van der Waals surface area contributed by atoms with E-state index in [1.165, 1.54) is 29.2 Å². The van der Waals surface area contributed by atoms with Gasteiger partial charge in [-0.1, -0.05) is 12.1 Å². The maximum absolute atomic E-state index is 13.3. The lowest BCUT2D eigenvalue weighted by molar-refractivity contribution is 0.474. The predicted molar refractivity (Wildman–Crippen MR) is 116 cm³/mol. The van der Waals surface area contributed by atoms with Gasteiger partial charge in [0.1, 0.15) is 11.6 Å². The van der Waals surface area contributed by atoms with Crippen molar-refractivity contribution in [2.24, 2.45) is 5.73 Å². The van der Waals surface area contributed by atoms with Crippen molar-refractivity contribution in [3.8, 4) is 16.9 Å². The summed E-state index contributed by atoms with van der Waals surface area (Å²) in [6.07, 6.45) is 1.80. The van der Waals surface area contributed by atoms with Crippen LogP contribution < -0.4 is 5.73 Å². The number of nitrogen functional groups attached to an aromatic ring is 1. The number of hydrogen-bond donors (Lipinski definition) is 3. The van der Waals surface area contributed by atoms with Gasteiger partial charge in [0.2, 0.25) is 9.84 Å². The Morgan fingerprint density at radius 3 is 2.36 bits per heavy atom. The van der Waals surface area contributed by atoms with E-state index in [4.69, 9.17) is 11.1 Å². The molecule has 0 saturated carbocycles. The summed E-state index contributed by atoms with van der Waals surface area (Å²) in [6.45, 7) is 3.76. The van der Waals surface area contributed by atoms with Crippen LogP contribution in [0.15, 0.2) is 56.5 Å². The Labute approximate surface area is 172 Å². The molecule has 1 aromatic heterocycles. The minimum absolute atomic E-state index is 0.147. The summed E-state index contributed by atoms with van der Waals surface area (Å²) in [7, 11) is -3.77. The summed E-state index contributed by atoms with van der Waals surface area (Å²) < 4.78 is 27.2. The molecule has 0 fully saturated rings. The lowest BCUT2D eigenvalue weighted by Gasteiger charge is -2.13. The number of benzene rings is 2. The molecule has 1 heterocycles. The highest BCUT2D eigenvalue weighted by atomic mass is 32.2. The minimum Gasteiger partial charge on any atom is -0.508 e. The van der Waals surface area contributed by atoms with Crippen molar-refractivity contribution in [1.29, 1.82) is 5.41 Å². The molecule has 0 aliphatic rings. The fourth-order valence-corrected chi connectivity index (χ4v) is 7.06. The van der Waals surface area contributed by atoms with E-state index < -0.39 is 9.84 Å². The molecule has 146 valence electrons. The number of thioether (sulfide) groups is 1. The third-order valence-corrected chi connectivity index (χ3v) is 8.69. The first kappa shape index (κ1) is 20.4. The molecule has 0 atom stereocenters. The highest BCUT2D eigenvalue weighted by Gasteiger charge is 2.25. The van der Waals surface area contributed by atoms with E-state index in [0.29, 0.717) is 9.09 Å². The Kier molecular flexibility index (Phi) is 5.56. The first-order chi connectivity index (χ1) is 13.1. The molecule has 0 bridgehead atoms. The van der Waals surface area contributed by atoms with Gasteiger partial charge in [-0.3, -0.25) is 5.41 Å². The average Bonchev–Trinajstić information content (AvgIpc) is 3.07. The van der Waals surface area contributed by atoms with Crippen molar-refractivity contribution in [2.75, 3.05) is 6.26 Å². The van der Waals surface area contributed by atoms with Crippen LogP contribution in [0.2, 0.25) is 0 Å². The number of phenols is 1. The summed E-state index contributed by atoms with van der Waals surface area (Å²) >= 11 is 2.52. The summed E-state index contributed by atoms with van der Waals surface area (Å²) in [5.41, 5.74) is 8.95. The molecular formula is C20H20N2O3S3. The second-order valence-electron chi connectivity index (χ2n) is 6.37. The molecule has 0 spiro atoms. The number of aromatic hydroxyl groups is 1. The summed E-state index contributed by atoms with van der Waals surface area (Å²) in [4.78, 5) is 0.788. The van der Waals surface area contributed by atoms with E-state index in [0.717, 1.165) is 22.3 Å². The minimum atomic E-state index is -3.77. The first-order valence-corrected chi connectivity index (χ1v) is 11.9. The molecule has 4 N–H and O–H groups in total. The van der Waals surface area contributed by atoms with Crippen LogP contribution in [0.3, 0.4) is 0 Å². The summed E-state index contributed by atoms with van der Waals surface area (Å²) in [6, 6.07) is 11.6. The Bertz CT molecular complexity index is 1160. The molecule has 5 nitrogen and oxygen atoms in total. The Hall–Kier alpha value is -2.29. The number of aryl methyl sites for hydroxylation is 2. The van der Waals surface area contributed by atoms with Crippen LogP contribution in [0, 0.1) is 19.3 Å². The van der Waals surface area contributed by atoms with Gasteiger partial charge in [0, 0.05) is 0 Å². The van der Waals surface area contributed by atoms with Crippen LogP contribution >= 0.6 is 23.1 Å². The molecule has 0 aliphatic carbocycles. The molecule has 0 saturated heterocycles. The fourth-order valence-electron chi connectivity index (χ4n) is 3.16. The highest BCUT2D eigenvalue weighted by Crippen LogP contribution is 2.38. The summed E-state index contributed by atoms with van der Waals surface area (Å²) in [5.74, 6) is 0.0352. The zero-order valence-corrected chi connectivity index (χ0v) is 18.1. The molecule has 3 aromatic rings. The molecule has 2 aromatic carbocycles. The number of rotatable bonds is 5. The summed E-state index contributed by atoms with van der Waals surface area (Å²) in [5, 5.41) is 17.4. The third-order valence-electron chi connectivity index (χ3n) is 4.36. The molecular weight excluding hydrogens is 412 g/mol. The zero-order valence-electron chi connectivity index (χ0n) is 15.6. The van der Waals surface area contributed by atoms with Crippen molar-refractivity contribution in [3.05, 3.63) is 58.5 Å². The molecule has 28 heavy (non-hydrogen) atoms. The number of thiophene rings is 1. The normalized spacial score (nSPS) is 11.5. The van der Waals surface area contributed by atoms with E-state index >= 15 is 0 Å². The third kappa shape index (κ3) is 3.67. The molecule has 0 unspecified atom stereocenters. The van der Waals surface area contributed by atoms with Gasteiger partial charge < -0.3 is 10.8 Å². The van der Waals surface area contributed by atoms with Gasteiger partial charge in [-0.05, 0) is 72.7 Å². The van der Waals surface area contributed by atoms with Gasteiger partial charge >= 0.3 is 0 Å². The van der Waals surface area contributed by atoms with E-state index in [2.05, 4.69) is 0 Å².